The molecule has 0 spiro atoms. The Morgan fingerprint density at radius 2 is 2.00 bits per heavy atom. The van der Waals surface area contributed by atoms with Crippen molar-refractivity contribution in [2.75, 3.05) is 7.05 Å². The van der Waals surface area contributed by atoms with E-state index in [4.69, 9.17) is 0 Å². The van der Waals surface area contributed by atoms with E-state index in [1.54, 1.807) is 6.07 Å². The molecule has 0 aliphatic heterocycles. The highest BCUT2D eigenvalue weighted by Crippen LogP contribution is 2.33. The Morgan fingerprint density at radius 3 is 2.59 bits per heavy atom. The average molecular weight is 398 g/mol. The van der Waals surface area contributed by atoms with Crippen LogP contribution in [-0.4, -0.2) is 32.8 Å². The second kappa shape index (κ2) is 7.10. The van der Waals surface area contributed by atoms with Crippen LogP contribution in [0.5, 0.6) is 0 Å². The number of aromatic nitrogens is 3. The lowest BCUT2D eigenvalue weighted by atomic mass is 10.2. The summed E-state index contributed by atoms with van der Waals surface area (Å²) in [6.07, 6.45) is -4.90. The van der Waals surface area contributed by atoms with Gasteiger partial charge in [-0.3, -0.25) is 4.79 Å². The smallest absolute Gasteiger partial charge is 0.335 e. The van der Waals surface area contributed by atoms with E-state index in [0.717, 1.165) is 26.8 Å². The second-order valence-electron chi connectivity index (χ2n) is 5.85. The van der Waals surface area contributed by atoms with Crippen LogP contribution in [-0.2, 0) is 12.7 Å². The van der Waals surface area contributed by atoms with Crippen LogP contribution < -0.4 is 0 Å². The number of nitrogens with zero attached hydrogens (tertiary/aromatic N) is 4. The Morgan fingerprint density at radius 1 is 1.26 bits per heavy atom. The van der Waals surface area contributed by atoms with Crippen molar-refractivity contribution in [3.63, 3.8) is 0 Å². The van der Waals surface area contributed by atoms with Gasteiger partial charge in [-0.1, -0.05) is 11.3 Å². The fraction of sp³-hybridized carbons (Fsp3) is 0.235. The van der Waals surface area contributed by atoms with Crippen LogP contribution in [0.1, 0.15) is 25.9 Å². The summed E-state index contributed by atoms with van der Waals surface area (Å²) < 4.78 is 54.7. The van der Waals surface area contributed by atoms with Gasteiger partial charge in [-0.2, -0.15) is 13.2 Å². The molecule has 0 aliphatic rings. The minimum absolute atomic E-state index is 0.140. The molecular weight excluding hydrogens is 384 g/mol. The quantitative estimate of drug-likeness (QED) is 0.623. The molecule has 3 rings (SSSR count). The summed E-state index contributed by atoms with van der Waals surface area (Å²) >= 11 is 1.44. The van der Waals surface area contributed by atoms with Gasteiger partial charge in [0.25, 0.3) is 5.91 Å². The van der Waals surface area contributed by atoms with Crippen molar-refractivity contribution in [3.8, 4) is 5.69 Å². The molecule has 0 radical (unpaired) electrons. The fourth-order valence-corrected chi connectivity index (χ4v) is 3.47. The number of alkyl halides is 3. The summed E-state index contributed by atoms with van der Waals surface area (Å²) in [6, 6.07) is 8.14. The molecule has 0 saturated heterocycles. The van der Waals surface area contributed by atoms with E-state index in [9.17, 15) is 22.4 Å². The lowest BCUT2D eigenvalue weighted by Crippen LogP contribution is -2.29. The van der Waals surface area contributed by atoms with Crippen LogP contribution in [0.15, 0.2) is 36.4 Å². The molecule has 0 bridgehead atoms. The lowest BCUT2D eigenvalue weighted by Gasteiger charge is -2.16. The Bertz CT molecular complexity index is 979. The summed E-state index contributed by atoms with van der Waals surface area (Å²) in [7, 11) is 1.39. The van der Waals surface area contributed by atoms with Crippen molar-refractivity contribution in [1.29, 1.82) is 0 Å². The van der Waals surface area contributed by atoms with E-state index >= 15 is 0 Å². The van der Waals surface area contributed by atoms with E-state index in [1.165, 1.54) is 30.5 Å². The molecule has 0 unspecified atom stereocenters. The molecule has 0 fully saturated rings. The Labute approximate surface area is 155 Å². The van der Waals surface area contributed by atoms with Crippen LogP contribution >= 0.6 is 11.3 Å². The minimum Gasteiger partial charge on any atom is -0.335 e. The average Bonchev–Trinajstić information content (AvgIpc) is 3.20. The van der Waals surface area contributed by atoms with Gasteiger partial charge in [-0.05, 0) is 37.3 Å². The van der Waals surface area contributed by atoms with Crippen LogP contribution in [0, 0.1) is 12.7 Å². The largest absolute Gasteiger partial charge is 0.435 e. The molecule has 2 aromatic heterocycles. The van der Waals surface area contributed by atoms with Crippen molar-refractivity contribution in [1.82, 2.24) is 19.9 Å². The molecule has 0 saturated carbocycles. The molecule has 5 nitrogen and oxygen atoms in total. The maximum Gasteiger partial charge on any atom is 0.435 e. The number of hydrogen-bond acceptors (Lipinski definition) is 4. The highest BCUT2D eigenvalue weighted by molar-refractivity contribution is 7.11. The van der Waals surface area contributed by atoms with Gasteiger partial charge >= 0.3 is 6.18 Å². The van der Waals surface area contributed by atoms with Crippen molar-refractivity contribution in [2.24, 2.45) is 0 Å². The first-order valence-corrected chi connectivity index (χ1v) is 8.58. The summed E-state index contributed by atoms with van der Waals surface area (Å²) in [4.78, 5) is 15.6. The zero-order valence-electron chi connectivity index (χ0n) is 14.3. The van der Waals surface area contributed by atoms with Gasteiger partial charge in [0.1, 0.15) is 5.82 Å². The maximum atomic E-state index is 13.6. The first-order valence-electron chi connectivity index (χ1n) is 7.76. The Balaban J connectivity index is 1.98. The highest BCUT2D eigenvalue weighted by atomic mass is 32.1. The molecule has 142 valence electrons. The number of carbonyl (C=O) groups excluding carboxylic acids is 1. The molecule has 1 aromatic carbocycles. The summed E-state index contributed by atoms with van der Waals surface area (Å²) in [5.74, 6) is -1.65. The Hall–Kier alpha value is -2.75. The van der Waals surface area contributed by atoms with Crippen molar-refractivity contribution < 1.29 is 22.4 Å². The standard InChI is InChI=1S/C17H14F4N4OS/c1-10-6-7-13(27-10)9-24(2)16(26)14-15(17(19,20)21)25(23-22-14)12-5-3-4-11(18)8-12/h3-8H,9H2,1-2H3. The number of hydrogen-bond donors (Lipinski definition) is 0. The van der Waals surface area contributed by atoms with E-state index in [1.807, 2.05) is 13.0 Å². The van der Waals surface area contributed by atoms with Gasteiger partial charge < -0.3 is 4.90 Å². The summed E-state index contributed by atoms with van der Waals surface area (Å²) in [5, 5.41) is 6.88. The molecular formula is C17H14F4N4OS. The molecule has 0 aliphatic carbocycles. The van der Waals surface area contributed by atoms with E-state index in [2.05, 4.69) is 10.3 Å². The molecule has 27 heavy (non-hydrogen) atoms. The van der Waals surface area contributed by atoms with E-state index in [-0.39, 0.29) is 12.2 Å². The van der Waals surface area contributed by atoms with Gasteiger partial charge in [0.15, 0.2) is 11.4 Å². The Kier molecular flexibility index (Phi) is 5.01. The van der Waals surface area contributed by atoms with Gasteiger partial charge in [-0.15, -0.1) is 16.4 Å². The zero-order chi connectivity index (χ0) is 19.8. The molecule has 1 amide bonds. The lowest BCUT2D eigenvalue weighted by molar-refractivity contribution is -0.143. The normalized spacial score (nSPS) is 11.6. The monoisotopic (exact) mass is 398 g/mol. The molecule has 10 heteroatoms. The number of halogens is 4. The summed E-state index contributed by atoms with van der Waals surface area (Å²) in [5.41, 5.74) is -2.35. The van der Waals surface area contributed by atoms with E-state index < -0.39 is 29.3 Å². The number of carbonyl (C=O) groups is 1. The van der Waals surface area contributed by atoms with Crippen LogP contribution in [0.2, 0.25) is 0 Å². The minimum atomic E-state index is -4.90. The number of aryl methyl sites for hydroxylation is 1. The molecule has 0 N–H and O–H groups in total. The highest BCUT2D eigenvalue weighted by Gasteiger charge is 2.42. The summed E-state index contributed by atoms with van der Waals surface area (Å²) in [6.45, 7) is 2.03. The molecule has 3 aromatic rings. The van der Waals surface area contributed by atoms with Crippen LogP contribution in [0.25, 0.3) is 5.69 Å². The number of benzene rings is 1. The van der Waals surface area contributed by atoms with Crippen LogP contribution in [0.4, 0.5) is 17.6 Å². The zero-order valence-corrected chi connectivity index (χ0v) is 15.1. The first kappa shape index (κ1) is 19.0. The third kappa shape index (κ3) is 4.00. The topological polar surface area (TPSA) is 51.0 Å². The fourth-order valence-electron chi connectivity index (χ4n) is 2.53. The van der Waals surface area contributed by atoms with Crippen LogP contribution in [0.3, 0.4) is 0 Å². The third-order valence-electron chi connectivity index (χ3n) is 3.73. The van der Waals surface area contributed by atoms with Crippen molar-refractivity contribution in [3.05, 3.63) is 63.4 Å². The predicted octanol–water partition coefficient (Wildman–Crippen LogP) is 4.07. The molecule has 0 atom stereocenters. The van der Waals surface area contributed by atoms with Gasteiger partial charge in [0.2, 0.25) is 0 Å². The maximum absolute atomic E-state index is 13.6. The van der Waals surface area contributed by atoms with Crippen molar-refractivity contribution >= 4 is 17.2 Å². The number of thiophene rings is 1. The van der Waals surface area contributed by atoms with E-state index in [0.29, 0.717) is 4.68 Å². The predicted molar refractivity (Wildman–Crippen MR) is 91.2 cm³/mol. The van der Waals surface area contributed by atoms with Gasteiger partial charge in [0, 0.05) is 16.8 Å². The van der Waals surface area contributed by atoms with Crippen molar-refractivity contribution in [2.45, 2.75) is 19.6 Å². The second-order valence-corrected chi connectivity index (χ2v) is 7.22. The van der Waals surface area contributed by atoms with Gasteiger partial charge in [0.05, 0.1) is 12.2 Å². The SMILES string of the molecule is Cc1ccc(CN(C)C(=O)c2nnn(-c3cccc(F)c3)c2C(F)(F)F)s1. The first-order chi connectivity index (χ1) is 12.7. The van der Waals surface area contributed by atoms with Gasteiger partial charge in [-0.25, -0.2) is 9.07 Å². The number of amides is 1. The molecule has 2 heterocycles. The third-order valence-corrected chi connectivity index (χ3v) is 4.72. The number of rotatable bonds is 4.